The van der Waals surface area contributed by atoms with Crippen molar-refractivity contribution < 1.29 is 4.74 Å². The fraction of sp³-hybridized carbons (Fsp3) is 0.0588. The maximum atomic E-state index is 6.05. The summed E-state index contributed by atoms with van der Waals surface area (Å²) in [4.78, 5) is 11.8. The van der Waals surface area contributed by atoms with E-state index < -0.39 is 0 Å². The molecule has 39 heavy (non-hydrogen) atoms. The monoisotopic (exact) mass is 508 g/mol. The number of imidazole rings is 1. The third kappa shape index (κ3) is 5.15. The van der Waals surface area contributed by atoms with Gasteiger partial charge in [-0.3, -0.25) is 4.90 Å². The summed E-state index contributed by atoms with van der Waals surface area (Å²) in [6.45, 7) is 4.26. The Morgan fingerprint density at radius 2 is 1.33 bits per heavy atom. The first kappa shape index (κ1) is 24.2. The second kappa shape index (κ2) is 10.7. The Kier molecular flexibility index (Phi) is 6.62. The Morgan fingerprint density at radius 3 is 2.10 bits per heavy atom. The van der Waals surface area contributed by atoms with Crippen molar-refractivity contribution in [2.75, 3.05) is 4.90 Å². The fourth-order valence-corrected chi connectivity index (χ4v) is 4.80. The highest BCUT2D eigenvalue weighted by Crippen LogP contribution is 2.36. The highest BCUT2D eigenvalue weighted by molar-refractivity contribution is 5.77. The minimum absolute atomic E-state index is 0.531. The largest absolute Gasteiger partial charge is 0.439 e. The van der Waals surface area contributed by atoms with Crippen molar-refractivity contribution in [3.63, 3.8) is 0 Å². The smallest absolute Gasteiger partial charge is 0.221 e. The van der Waals surface area contributed by atoms with Gasteiger partial charge in [-0.1, -0.05) is 72.8 Å². The lowest BCUT2D eigenvalue weighted by Gasteiger charge is -2.25. The highest BCUT2D eigenvalue weighted by Gasteiger charge is 2.16. The van der Waals surface area contributed by atoms with Gasteiger partial charge in [0, 0.05) is 29.2 Å². The third-order valence-corrected chi connectivity index (χ3v) is 6.60. The molecule has 2 aromatic heterocycles. The third-order valence-electron chi connectivity index (χ3n) is 6.60. The summed E-state index contributed by atoms with van der Waals surface area (Å²) in [5.41, 5.74) is 7.50. The maximum absolute atomic E-state index is 6.05. The van der Waals surface area contributed by atoms with Gasteiger partial charge in [0.1, 0.15) is 11.6 Å². The van der Waals surface area contributed by atoms with E-state index in [1.807, 2.05) is 73.1 Å². The molecule has 0 radical (unpaired) electrons. The Bertz CT molecular complexity index is 1690. The van der Waals surface area contributed by atoms with Crippen LogP contribution in [0.1, 0.15) is 11.1 Å². The van der Waals surface area contributed by atoms with Crippen LogP contribution in [0, 0.1) is 13.8 Å². The van der Waals surface area contributed by atoms with Gasteiger partial charge in [-0.25, -0.2) is 4.98 Å². The Morgan fingerprint density at radius 1 is 0.667 bits per heavy atom. The molecular formula is C34H28N4O. The number of rotatable bonds is 7. The fourth-order valence-electron chi connectivity index (χ4n) is 4.80. The van der Waals surface area contributed by atoms with Crippen LogP contribution in [-0.4, -0.2) is 14.5 Å². The van der Waals surface area contributed by atoms with Crippen LogP contribution in [0.2, 0.25) is 0 Å². The van der Waals surface area contributed by atoms with Crippen LogP contribution in [0.25, 0.3) is 16.9 Å². The van der Waals surface area contributed by atoms with Gasteiger partial charge in [0.25, 0.3) is 0 Å². The molecule has 0 N–H and O–H groups in total. The average Bonchev–Trinajstić information content (AvgIpc) is 3.45. The maximum Gasteiger partial charge on any atom is 0.221 e. The van der Waals surface area contributed by atoms with E-state index in [0.29, 0.717) is 5.88 Å². The second-order valence-electron chi connectivity index (χ2n) is 9.38. The molecule has 0 saturated carbocycles. The summed E-state index contributed by atoms with van der Waals surface area (Å²) in [6, 6.07) is 40.5. The molecule has 0 saturated heterocycles. The Balaban J connectivity index is 1.39. The minimum atomic E-state index is 0.531. The SMILES string of the molecule is Cc1cccc(C)c1-n1cnc(-c2cccc(N(c3ccccc3)c3cccc(Oc4ccccc4)n3)c2)c1. The van der Waals surface area contributed by atoms with Crippen molar-refractivity contribution in [1.29, 1.82) is 0 Å². The zero-order valence-electron chi connectivity index (χ0n) is 21.9. The van der Waals surface area contributed by atoms with E-state index >= 15 is 0 Å². The Labute approximate surface area is 228 Å². The number of hydrogen-bond acceptors (Lipinski definition) is 4. The van der Waals surface area contributed by atoms with E-state index in [1.54, 1.807) is 0 Å². The van der Waals surface area contributed by atoms with E-state index in [4.69, 9.17) is 14.7 Å². The summed E-state index contributed by atoms with van der Waals surface area (Å²) in [7, 11) is 0. The van der Waals surface area contributed by atoms with Gasteiger partial charge in [-0.15, -0.1) is 0 Å². The van der Waals surface area contributed by atoms with Crippen LogP contribution < -0.4 is 9.64 Å². The highest BCUT2D eigenvalue weighted by atomic mass is 16.5. The molecule has 6 aromatic rings. The van der Waals surface area contributed by atoms with E-state index in [2.05, 4.69) is 84.1 Å². The normalized spacial score (nSPS) is 10.8. The van der Waals surface area contributed by atoms with Crippen LogP contribution in [0.5, 0.6) is 11.6 Å². The average molecular weight is 509 g/mol. The van der Waals surface area contributed by atoms with Gasteiger partial charge in [0.15, 0.2) is 0 Å². The summed E-state index contributed by atoms with van der Waals surface area (Å²) in [5, 5.41) is 0. The topological polar surface area (TPSA) is 43.2 Å². The molecule has 0 aliphatic heterocycles. The molecule has 6 rings (SSSR count). The first-order chi connectivity index (χ1) is 19.2. The first-order valence-corrected chi connectivity index (χ1v) is 12.9. The molecular weight excluding hydrogens is 480 g/mol. The van der Waals surface area contributed by atoms with Crippen molar-refractivity contribution >= 4 is 17.2 Å². The molecule has 0 unspecified atom stereocenters. The summed E-state index contributed by atoms with van der Waals surface area (Å²) < 4.78 is 8.15. The molecule has 0 aliphatic carbocycles. The quantitative estimate of drug-likeness (QED) is 0.216. The second-order valence-corrected chi connectivity index (χ2v) is 9.38. The van der Waals surface area contributed by atoms with E-state index in [1.165, 1.54) is 11.1 Å². The number of pyridine rings is 1. The molecule has 2 heterocycles. The van der Waals surface area contributed by atoms with Crippen molar-refractivity contribution in [1.82, 2.24) is 14.5 Å². The molecule has 0 fully saturated rings. The van der Waals surface area contributed by atoms with Gasteiger partial charge in [-0.05, 0) is 67.4 Å². The number of aryl methyl sites for hydroxylation is 2. The summed E-state index contributed by atoms with van der Waals surface area (Å²) >= 11 is 0. The predicted octanol–water partition coefficient (Wildman–Crippen LogP) is 8.81. The number of benzene rings is 4. The molecule has 0 bridgehead atoms. The van der Waals surface area contributed by atoms with Crippen molar-refractivity contribution in [2.45, 2.75) is 13.8 Å². The molecule has 5 nitrogen and oxygen atoms in total. The zero-order chi connectivity index (χ0) is 26.6. The number of nitrogens with zero attached hydrogens (tertiary/aromatic N) is 4. The zero-order valence-corrected chi connectivity index (χ0v) is 21.9. The van der Waals surface area contributed by atoms with Crippen molar-refractivity contribution in [2.24, 2.45) is 0 Å². The molecule has 5 heteroatoms. The lowest BCUT2D eigenvalue weighted by atomic mass is 10.1. The predicted molar refractivity (Wildman–Crippen MR) is 157 cm³/mol. The first-order valence-electron chi connectivity index (χ1n) is 12.9. The Hall–Kier alpha value is -5.16. The van der Waals surface area contributed by atoms with E-state index in [-0.39, 0.29) is 0 Å². The summed E-state index contributed by atoms with van der Waals surface area (Å²) in [5.74, 6) is 2.03. The van der Waals surface area contributed by atoms with Gasteiger partial charge < -0.3 is 9.30 Å². The lowest BCUT2D eigenvalue weighted by Crippen LogP contribution is -2.11. The number of aromatic nitrogens is 3. The number of para-hydroxylation sites is 3. The van der Waals surface area contributed by atoms with Crippen molar-refractivity contribution in [3.8, 4) is 28.6 Å². The van der Waals surface area contributed by atoms with E-state index in [9.17, 15) is 0 Å². The van der Waals surface area contributed by atoms with E-state index in [0.717, 1.165) is 39.9 Å². The van der Waals surface area contributed by atoms with Crippen LogP contribution in [-0.2, 0) is 0 Å². The van der Waals surface area contributed by atoms with Gasteiger partial charge in [-0.2, -0.15) is 4.98 Å². The van der Waals surface area contributed by atoms with Gasteiger partial charge in [0.05, 0.1) is 17.7 Å². The van der Waals surface area contributed by atoms with Gasteiger partial charge in [0.2, 0.25) is 5.88 Å². The van der Waals surface area contributed by atoms with Crippen LogP contribution in [0.4, 0.5) is 17.2 Å². The number of hydrogen-bond donors (Lipinski definition) is 0. The molecule has 4 aromatic carbocycles. The van der Waals surface area contributed by atoms with Gasteiger partial charge >= 0.3 is 0 Å². The van der Waals surface area contributed by atoms with Crippen LogP contribution in [0.15, 0.2) is 134 Å². The van der Waals surface area contributed by atoms with Crippen LogP contribution in [0.3, 0.4) is 0 Å². The molecule has 0 aliphatic rings. The molecule has 0 amide bonds. The lowest BCUT2D eigenvalue weighted by molar-refractivity contribution is 0.463. The summed E-state index contributed by atoms with van der Waals surface area (Å²) in [6.07, 6.45) is 3.98. The number of anilines is 3. The minimum Gasteiger partial charge on any atom is -0.439 e. The molecule has 190 valence electrons. The van der Waals surface area contributed by atoms with Crippen molar-refractivity contribution in [3.05, 3.63) is 145 Å². The molecule has 0 atom stereocenters. The standard InChI is InChI=1S/C34H28N4O/c1-25-12-9-13-26(2)34(25)37-23-31(35-24-37)27-14-10-17-29(22-27)38(28-15-5-3-6-16-28)32-20-11-21-33(36-32)39-30-18-7-4-8-19-30/h3-24H,1-2H3. The van der Waals surface area contributed by atoms with Crippen LogP contribution >= 0.6 is 0 Å². The number of ether oxygens (including phenoxy) is 1. The molecule has 0 spiro atoms.